The molecule has 0 unspecified atom stereocenters. The maximum atomic E-state index is 12.3. The van der Waals surface area contributed by atoms with Crippen molar-refractivity contribution in [1.82, 2.24) is 4.98 Å². The Bertz CT molecular complexity index is 1120. The maximum absolute atomic E-state index is 12.3. The average Bonchev–Trinajstić information content (AvgIpc) is 2.59. The number of nitrogens with zero attached hydrogens (tertiary/aromatic N) is 1. The van der Waals surface area contributed by atoms with Gasteiger partial charge in [0, 0.05) is 23.4 Å². The lowest BCUT2D eigenvalue weighted by molar-refractivity contribution is 0.0697. The smallest absolute Gasteiger partial charge is 0.336 e. The summed E-state index contributed by atoms with van der Waals surface area (Å²) in [4.78, 5) is 16.1. The van der Waals surface area contributed by atoms with E-state index in [-0.39, 0.29) is 5.56 Å². The van der Waals surface area contributed by atoms with Gasteiger partial charge in [0.1, 0.15) is 0 Å². The highest BCUT2D eigenvalue weighted by Crippen LogP contribution is 2.37. The van der Waals surface area contributed by atoms with Crippen LogP contribution in [0.25, 0.3) is 22.0 Å². The number of fused-ring (bicyclic) bond motifs is 1. The molecule has 0 aliphatic carbocycles. The second-order valence-electron chi connectivity index (χ2n) is 6.73. The molecule has 5 nitrogen and oxygen atoms in total. The van der Waals surface area contributed by atoms with E-state index < -0.39 is 20.6 Å². The molecule has 0 aliphatic heterocycles. The first kappa shape index (κ1) is 18.1. The van der Waals surface area contributed by atoms with E-state index in [1.54, 1.807) is 56.4 Å². The molecule has 0 saturated carbocycles. The molecule has 0 fully saturated rings. The highest BCUT2D eigenvalue weighted by Gasteiger charge is 2.33. The van der Waals surface area contributed by atoms with Crippen LogP contribution in [0, 0.1) is 0 Å². The number of carbonyl (C=O) groups is 1. The molecular weight excluding hydrogens is 350 g/mol. The molecular formula is C20H19NO4S. The van der Waals surface area contributed by atoms with Crippen LogP contribution in [0.5, 0.6) is 0 Å². The highest BCUT2D eigenvalue weighted by atomic mass is 32.2. The van der Waals surface area contributed by atoms with Gasteiger partial charge in [-0.25, -0.2) is 13.2 Å². The summed E-state index contributed by atoms with van der Waals surface area (Å²) in [5.74, 6) is -1.04. The van der Waals surface area contributed by atoms with Crippen molar-refractivity contribution in [3.63, 3.8) is 0 Å². The fourth-order valence-corrected chi connectivity index (χ4v) is 3.41. The van der Waals surface area contributed by atoms with Crippen molar-refractivity contribution in [2.75, 3.05) is 6.26 Å². The molecule has 134 valence electrons. The number of hydrogen-bond acceptors (Lipinski definition) is 4. The van der Waals surface area contributed by atoms with Crippen molar-refractivity contribution in [2.24, 2.45) is 0 Å². The molecule has 1 heterocycles. The van der Waals surface area contributed by atoms with Gasteiger partial charge in [-0.15, -0.1) is 0 Å². The van der Waals surface area contributed by atoms with Crippen LogP contribution < -0.4 is 0 Å². The third-order valence-electron chi connectivity index (χ3n) is 4.77. The van der Waals surface area contributed by atoms with Crippen molar-refractivity contribution in [3.8, 4) is 11.1 Å². The lowest BCUT2D eigenvalue weighted by Crippen LogP contribution is -2.28. The van der Waals surface area contributed by atoms with E-state index >= 15 is 0 Å². The van der Waals surface area contributed by atoms with Gasteiger partial charge in [0.15, 0.2) is 9.84 Å². The zero-order valence-corrected chi connectivity index (χ0v) is 15.5. The van der Waals surface area contributed by atoms with Gasteiger partial charge in [-0.3, -0.25) is 4.98 Å². The van der Waals surface area contributed by atoms with Gasteiger partial charge in [0.2, 0.25) is 0 Å². The van der Waals surface area contributed by atoms with Crippen LogP contribution in [-0.2, 0) is 14.6 Å². The first-order valence-corrected chi connectivity index (χ1v) is 9.93. The van der Waals surface area contributed by atoms with Crippen LogP contribution in [0.1, 0.15) is 29.8 Å². The Hall–Kier alpha value is -2.73. The number of aromatic nitrogens is 1. The Labute approximate surface area is 152 Å². The summed E-state index contributed by atoms with van der Waals surface area (Å²) < 4.78 is 23.5. The third-order valence-corrected chi connectivity index (χ3v) is 6.86. The molecule has 0 atom stereocenters. The monoisotopic (exact) mass is 369 g/mol. The van der Waals surface area contributed by atoms with E-state index in [1.807, 2.05) is 6.07 Å². The molecule has 0 radical (unpaired) electrons. The Morgan fingerprint density at radius 3 is 2.38 bits per heavy atom. The second kappa shape index (κ2) is 6.21. The zero-order chi connectivity index (χ0) is 19.1. The summed E-state index contributed by atoms with van der Waals surface area (Å²) >= 11 is 0. The lowest BCUT2D eigenvalue weighted by atomic mass is 9.91. The third kappa shape index (κ3) is 2.97. The van der Waals surface area contributed by atoms with Gasteiger partial charge >= 0.3 is 5.97 Å². The Kier molecular flexibility index (Phi) is 4.32. The summed E-state index contributed by atoms with van der Waals surface area (Å²) in [7, 11) is -3.39. The fourth-order valence-electron chi connectivity index (χ4n) is 2.86. The summed E-state index contributed by atoms with van der Waals surface area (Å²) in [5, 5.41) is 10.3. The van der Waals surface area contributed by atoms with E-state index in [9.17, 15) is 18.3 Å². The van der Waals surface area contributed by atoms with Crippen LogP contribution in [-0.4, -0.2) is 30.7 Å². The second-order valence-corrected chi connectivity index (χ2v) is 9.30. The maximum Gasteiger partial charge on any atom is 0.336 e. The quantitative estimate of drug-likeness (QED) is 0.754. The number of carboxylic acids is 1. The molecule has 0 aliphatic rings. The van der Waals surface area contributed by atoms with E-state index in [1.165, 1.54) is 12.3 Å². The summed E-state index contributed by atoms with van der Waals surface area (Å²) in [5.41, 5.74) is 2.49. The van der Waals surface area contributed by atoms with Crippen molar-refractivity contribution >= 4 is 26.7 Å². The highest BCUT2D eigenvalue weighted by molar-refractivity contribution is 7.91. The van der Waals surface area contributed by atoms with E-state index in [0.29, 0.717) is 22.2 Å². The first-order valence-electron chi connectivity index (χ1n) is 8.04. The molecule has 0 spiro atoms. The number of pyridine rings is 1. The first-order chi connectivity index (χ1) is 12.1. The average molecular weight is 369 g/mol. The number of hydrogen-bond donors (Lipinski definition) is 1. The predicted octanol–water partition coefficient (Wildman–Crippen LogP) is 3.88. The van der Waals surface area contributed by atoms with Crippen LogP contribution in [0.3, 0.4) is 0 Å². The topological polar surface area (TPSA) is 84.3 Å². The van der Waals surface area contributed by atoms with E-state index in [4.69, 9.17) is 0 Å². The number of rotatable bonds is 4. The van der Waals surface area contributed by atoms with Gasteiger partial charge in [0.25, 0.3) is 0 Å². The van der Waals surface area contributed by atoms with E-state index in [2.05, 4.69) is 4.98 Å². The number of aromatic carboxylic acids is 1. The molecule has 1 aromatic heterocycles. The molecule has 3 rings (SSSR count). The molecule has 26 heavy (non-hydrogen) atoms. The van der Waals surface area contributed by atoms with Gasteiger partial charge < -0.3 is 5.11 Å². The SMILES string of the molecule is CC(C)(c1cc(-c2ccccc2C(=O)O)c2ncccc2c1)S(C)(=O)=O. The molecule has 0 saturated heterocycles. The van der Waals surface area contributed by atoms with Gasteiger partial charge in [-0.1, -0.05) is 24.3 Å². The Morgan fingerprint density at radius 2 is 1.73 bits per heavy atom. The lowest BCUT2D eigenvalue weighted by Gasteiger charge is -2.24. The number of sulfone groups is 1. The molecule has 2 aromatic carbocycles. The summed E-state index contributed by atoms with van der Waals surface area (Å²) in [6, 6.07) is 13.8. The number of benzene rings is 2. The van der Waals surface area contributed by atoms with Crippen LogP contribution >= 0.6 is 0 Å². The van der Waals surface area contributed by atoms with Crippen molar-refractivity contribution in [1.29, 1.82) is 0 Å². The van der Waals surface area contributed by atoms with Gasteiger partial charge in [-0.05, 0) is 49.2 Å². The van der Waals surface area contributed by atoms with Crippen LogP contribution in [0.2, 0.25) is 0 Å². The Balaban J connectivity index is 2.42. The zero-order valence-electron chi connectivity index (χ0n) is 14.7. The molecule has 3 aromatic rings. The van der Waals surface area contributed by atoms with E-state index in [0.717, 1.165) is 5.39 Å². The van der Waals surface area contributed by atoms with Gasteiger partial charge in [0.05, 0.1) is 15.8 Å². The molecule has 0 amide bonds. The minimum atomic E-state index is -3.39. The minimum absolute atomic E-state index is 0.147. The van der Waals surface area contributed by atoms with Crippen molar-refractivity contribution in [3.05, 3.63) is 65.9 Å². The Morgan fingerprint density at radius 1 is 1.04 bits per heavy atom. The normalized spacial score (nSPS) is 12.3. The van der Waals surface area contributed by atoms with Crippen LogP contribution in [0.15, 0.2) is 54.7 Å². The van der Waals surface area contributed by atoms with Crippen molar-refractivity contribution < 1.29 is 18.3 Å². The molecule has 6 heteroatoms. The largest absolute Gasteiger partial charge is 0.478 e. The minimum Gasteiger partial charge on any atom is -0.478 e. The molecule has 1 N–H and O–H groups in total. The molecule has 0 bridgehead atoms. The van der Waals surface area contributed by atoms with Gasteiger partial charge in [-0.2, -0.15) is 0 Å². The van der Waals surface area contributed by atoms with Crippen molar-refractivity contribution in [2.45, 2.75) is 18.6 Å². The number of carboxylic acid groups (broad SMARTS) is 1. The predicted molar refractivity (Wildman–Crippen MR) is 102 cm³/mol. The fraction of sp³-hybridized carbons (Fsp3) is 0.200. The summed E-state index contributed by atoms with van der Waals surface area (Å²) in [6.07, 6.45) is 2.84. The summed E-state index contributed by atoms with van der Waals surface area (Å²) in [6.45, 7) is 3.29. The van der Waals surface area contributed by atoms with Crippen LogP contribution in [0.4, 0.5) is 0 Å². The standard InChI is InChI=1S/C20H19NO4S/c1-20(2,26(3,24)25)14-11-13-7-6-10-21-18(13)17(12-14)15-8-4-5-9-16(15)19(22)23/h4-12H,1-3H3,(H,22,23).